The molecule has 252 valence electrons. The molecule has 0 fully saturated rings. The standard InChI is InChI=1S/C36H67NO6/c1-5-9-10-11-12-13-14-15-16-17-18-19-20-21-22-23-24-25-26-30-37(31(27-6-2)34(38)39,32(28-7-3)35(40)41)33(29-8-4)36(42)43/h24-25,31-33H,5-23,26-30H2,1-4H3,(H2-,38,39,40,41,42,43)/b25-24+. The first-order valence-corrected chi connectivity index (χ1v) is 17.9. The van der Waals surface area contributed by atoms with Crippen LogP contribution in [0, 0.1) is 0 Å². The van der Waals surface area contributed by atoms with Crippen molar-refractivity contribution in [2.24, 2.45) is 0 Å². The molecule has 7 heteroatoms. The Balaban J connectivity index is 4.90. The largest absolute Gasteiger partial charge is 0.544 e. The molecule has 3 unspecified atom stereocenters. The van der Waals surface area contributed by atoms with Crippen molar-refractivity contribution >= 4 is 17.9 Å². The first-order valence-electron chi connectivity index (χ1n) is 17.9. The monoisotopic (exact) mass is 609 g/mol. The van der Waals surface area contributed by atoms with Crippen molar-refractivity contribution in [2.45, 2.75) is 193 Å². The highest BCUT2D eigenvalue weighted by Crippen LogP contribution is 2.33. The molecule has 43 heavy (non-hydrogen) atoms. The van der Waals surface area contributed by atoms with E-state index in [2.05, 4.69) is 13.0 Å². The summed E-state index contributed by atoms with van der Waals surface area (Å²) < 4.78 is -0.480. The van der Waals surface area contributed by atoms with Gasteiger partial charge in [0.15, 0.2) is 12.1 Å². The van der Waals surface area contributed by atoms with Crippen LogP contribution in [-0.4, -0.2) is 57.3 Å². The van der Waals surface area contributed by atoms with Crippen molar-refractivity contribution < 1.29 is 34.2 Å². The van der Waals surface area contributed by atoms with Crippen LogP contribution in [0.25, 0.3) is 0 Å². The minimum atomic E-state index is -1.35. The summed E-state index contributed by atoms with van der Waals surface area (Å²) in [7, 11) is 0. The van der Waals surface area contributed by atoms with Gasteiger partial charge >= 0.3 is 11.9 Å². The van der Waals surface area contributed by atoms with Gasteiger partial charge in [-0.3, -0.25) is 4.48 Å². The number of hydrogen-bond donors (Lipinski definition) is 2. The number of nitrogens with zero attached hydrogens (tertiary/aromatic N) is 1. The van der Waals surface area contributed by atoms with E-state index in [4.69, 9.17) is 0 Å². The van der Waals surface area contributed by atoms with Crippen molar-refractivity contribution in [1.82, 2.24) is 0 Å². The van der Waals surface area contributed by atoms with Crippen LogP contribution in [-0.2, 0) is 14.4 Å². The number of allylic oxidation sites excluding steroid dienone is 1. The topological polar surface area (TPSA) is 115 Å². The Morgan fingerprint density at radius 1 is 0.535 bits per heavy atom. The van der Waals surface area contributed by atoms with Crippen molar-refractivity contribution in [3.05, 3.63) is 12.2 Å². The number of aliphatic carboxylic acids is 3. The van der Waals surface area contributed by atoms with Crippen molar-refractivity contribution in [3.8, 4) is 0 Å². The number of rotatable bonds is 31. The summed E-state index contributed by atoms with van der Waals surface area (Å²) in [6, 6.07) is -3.42. The van der Waals surface area contributed by atoms with E-state index in [9.17, 15) is 29.7 Å². The minimum absolute atomic E-state index is 0.155. The normalized spacial score (nSPS) is 15.3. The van der Waals surface area contributed by atoms with E-state index in [1.165, 1.54) is 89.9 Å². The molecule has 3 atom stereocenters. The van der Waals surface area contributed by atoms with Crippen LogP contribution >= 0.6 is 0 Å². The summed E-state index contributed by atoms with van der Waals surface area (Å²) in [5.41, 5.74) is 0. The molecule has 0 heterocycles. The number of unbranched alkanes of at least 4 members (excludes halogenated alkanes) is 15. The average molecular weight is 610 g/mol. The molecular weight excluding hydrogens is 542 g/mol. The third-order valence-corrected chi connectivity index (χ3v) is 9.09. The van der Waals surface area contributed by atoms with Crippen LogP contribution < -0.4 is 5.11 Å². The highest BCUT2D eigenvalue weighted by atomic mass is 16.4. The Bertz CT molecular complexity index is 692. The lowest BCUT2D eigenvalue weighted by Gasteiger charge is -2.52. The first kappa shape index (κ1) is 41.1. The summed E-state index contributed by atoms with van der Waals surface area (Å²) in [5, 5.41) is 33.0. The zero-order valence-electron chi connectivity index (χ0n) is 28.3. The van der Waals surface area contributed by atoms with Gasteiger partial charge in [0.2, 0.25) is 0 Å². The molecule has 7 nitrogen and oxygen atoms in total. The number of carboxylic acid groups (broad SMARTS) is 3. The molecule has 0 bridgehead atoms. The molecule has 0 rings (SSSR count). The Labute approximate surface area is 264 Å². The molecule has 2 N–H and O–H groups in total. The van der Waals surface area contributed by atoms with Gasteiger partial charge in [-0.25, -0.2) is 9.59 Å². The van der Waals surface area contributed by atoms with E-state index in [0.717, 1.165) is 12.8 Å². The lowest BCUT2D eigenvalue weighted by Crippen LogP contribution is -2.74. The zero-order valence-corrected chi connectivity index (χ0v) is 28.3. The molecule has 0 saturated heterocycles. The fraction of sp³-hybridized carbons (Fsp3) is 0.861. The van der Waals surface area contributed by atoms with E-state index in [1.807, 2.05) is 26.8 Å². The van der Waals surface area contributed by atoms with Crippen molar-refractivity contribution in [2.75, 3.05) is 6.54 Å². The van der Waals surface area contributed by atoms with Crippen LogP contribution in [0.3, 0.4) is 0 Å². The van der Waals surface area contributed by atoms with Gasteiger partial charge < -0.3 is 20.1 Å². The minimum Gasteiger partial charge on any atom is -0.544 e. The van der Waals surface area contributed by atoms with E-state index in [-0.39, 0.29) is 25.8 Å². The molecular formula is C36H67NO6. The van der Waals surface area contributed by atoms with Gasteiger partial charge in [-0.05, 0) is 25.7 Å². The molecule has 0 aromatic rings. The van der Waals surface area contributed by atoms with Gasteiger partial charge in [-0.1, -0.05) is 136 Å². The Morgan fingerprint density at radius 3 is 1.23 bits per heavy atom. The number of carbonyl (C=O) groups is 3. The molecule has 0 aliphatic rings. The van der Waals surface area contributed by atoms with Gasteiger partial charge in [0.05, 0.1) is 12.5 Å². The highest BCUT2D eigenvalue weighted by molar-refractivity contribution is 5.77. The molecule has 0 radical (unpaired) electrons. The van der Waals surface area contributed by atoms with E-state index < -0.39 is 40.5 Å². The average Bonchev–Trinajstić information content (AvgIpc) is 2.97. The Morgan fingerprint density at radius 2 is 0.884 bits per heavy atom. The molecule has 0 aromatic heterocycles. The van der Waals surface area contributed by atoms with Gasteiger partial charge in [-0.15, -0.1) is 0 Å². The van der Waals surface area contributed by atoms with Crippen LogP contribution in [0.5, 0.6) is 0 Å². The lowest BCUT2D eigenvalue weighted by molar-refractivity contribution is -0.974. The van der Waals surface area contributed by atoms with Crippen molar-refractivity contribution in [3.63, 3.8) is 0 Å². The van der Waals surface area contributed by atoms with Gasteiger partial charge in [0, 0.05) is 25.7 Å². The molecule has 0 aliphatic carbocycles. The molecule has 0 spiro atoms. The number of quaternary nitrogens is 1. The summed E-state index contributed by atoms with van der Waals surface area (Å²) in [4.78, 5) is 37.6. The number of hydrogen-bond acceptors (Lipinski definition) is 4. The molecule has 0 saturated carbocycles. The maximum absolute atomic E-state index is 12.6. The van der Waals surface area contributed by atoms with Crippen LogP contribution in [0.1, 0.15) is 175 Å². The fourth-order valence-corrected chi connectivity index (χ4v) is 6.80. The van der Waals surface area contributed by atoms with Crippen LogP contribution in [0.4, 0.5) is 0 Å². The summed E-state index contributed by atoms with van der Waals surface area (Å²) in [6.45, 7) is 7.96. The summed E-state index contributed by atoms with van der Waals surface area (Å²) >= 11 is 0. The van der Waals surface area contributed by atoms with Gasteiger partial charge in [0.1, 0.15) is 6.04 Å². The van der Waals surface area contributed by atoms with Crippen LogP contribution in [0.2, 0.25) is 0 Å². The van der Waals surface area contributed by atoms with Gasteiger partial charge in [0.25, 0.3) is 0 Å². The third kappa shape index (κ3) is 16.7. The molecule has 0 aromatic carbocycles. The zero-order chi connectivity index (χ0) is 32.3. The van der Waals surface area contributed by atoms with E-state index >= 15 is 0 Å². The fourth-order valence-electron chi connectivity index (χ4n) is 6.80. The number of carbonyl (C=O) groups excluding carboxylic acids is 1. The predicted octanol–water partition coefficient (Wildman–Crippen LogP) is 8.44. The Kier molecular flexibility index (Phi) is 25.3. The smallest absolute Gasteiger partial charge is 0.362 e. The highest BCUT2D eigenvalue weighted by Gasteiger charge is 2.54. The van der Waals surface area contributed by atoms with Gasteiger partial charge in [-0.2, -0.15) is 0 Å². The molecule has 0 aliphatic heterocycles. The Hall–Kier alpha value is -1.89. The SMILES string of the molecule is CCCCCCCCCCCCCCCCC/C=C/CC[N+](C(CCC)C(=O)[O-])(C(CCC)C(=O)O)C(CCC)C(=O)O. The maximum atomic E-state index is 12.6. The van der Waals surface area contributed by atoms with E-state index in [0.29, 0.717) is 25.7 Å². The lowest BCUT2D eigenvalue weighted by atomic mass is 9.91. The third-order valence-electron chi connectivity index (χ3n) is 9.09. The first-order chi connectivity index (χ1) is 20.7. The number of carboxylic acids is 3. The second kappa shape index (κ2) is 26.5. The second-order valence-electron chi connectivity index (χ2n) is 12.6. The molecule has 0 amide bonds. The van der Waals surface area contributed by atoms with Crippen molar-refractivity contribution in [1.29, 1.82) is 0 Å². The quantitative estimate of drug-likeness (QED) is 0.0463. The van der Waals surface area contributed by atoms with Crippen LogP contribution in [0.15, 0.2) is 12.2 Å². The summed E-state index contributed by atoms with van der Waals surface area (Å²) in [6.07, 6.45) is 27.5. The predicted molar refractivity (Wildman–Crippen MR) is 175 cm³/mol. The van der Waals surface area contributed by atoms with E-state index in [1.54, 1.807) is 0 Å². The summed E-state index contributed by atoms with van der Waals surface area (Å²) in [5.74, 6) is -3.62. The second-order valence-corrected chi connectivity index (χ2v) is 12.6. The maximum Gasteiger partial charge on any atom is 0.362 e.